The summed E-state index contributed by atoms with van der Waals surface area (Å²) in [4.78, 5) is 38.5. The molecule has 0 radical (unpaired) electrons. The van der Waals surface area contributed by atoms with Crippen molar-refractivity contribution in [2.24, 2.45) is 5.73 Å². The molecule has 2 aliphatic carbocycles. The van der Waals surface area contributed by atoms with Crippen LogP contribution in [0.2, 0.25) is 0 Å². The summed E-state index contributed by atoms with van der Waals surface area (Å²) in [6.07, 6.45) is 1.24. The molecular formula is C22H30N4O6. The van der Waals surface area contributed by atoms with Crippen LogP contribution in [0.25, 0.3) is 0 Å². The molecule has 10 nitrogen and oxygen atoms in total. The Morgan fingerprint density at radius 3 is 2.56 bits per heavy atom. The Bertz CT molecular complexity index is 997. The fourth-order valence-electron chi connectivity index (χ4n) is 5.20. The van der Waals surface area contributed by atoms with Crippen molar-refractivity contribution >= 4 is 17.7 Å². The summed E-state index contributed by atoms with van der Waals surface area (Å²) in [6.45, 7) is 1.81. The Balaban J connectivity index is 1.80. The van der Waals surface area contributed by atoms with E-state index in [0.29, 0.717) is 36.2 Å². The van der Waals surface area contributed by atoms with Gasteiger partial charge in [-0.2, -0.15) is 0 Å². The Hall–Kier alpha value is -2.69. The maximum absolute atomic E-state index is 13.7. The number of ketones is 2. The first-order chi connectivity index (χ1) is 15.3. The number of hydrogen-bond donors (Lipinski definition) is 4. The second-order valence-corrected chi connectivity index (χ2v) is 8.62. The average molecular weight is 447 g/mol. The number of nitrogens with one attached hydrogen (secondary N) is 2. The number of aliphatic hydroxyl groups excluding tert-OH is 1. The number of Topliss-reactive ketones (excluding diaryl/α,β-unsaturated/α-hetero) is 2. The summed E-state index contributed by atoms with van der Waals surface area (Å²) in [5, 5.41) is 16.7. The first kappa shape index (κ1) is 22.5. The molecule has 0 bridgehead atoms. The lowest BCUT2D eigenvalue weighted by molar-refractivity contribution is 0.0782. The summed E-state index contributed by atoms with van der Waals surface area (Å²) < 4.78 is 12.5. The average Bonchev–Trinajstić information content (AvgIpc) is 3.28. The maximum Gasteiger partial charge on any atom is 0.404 e. The number of methoxy groups -OCH3 is 1. The molecule has 0 unspecified atom stereocenters. The van der Waals surface area contributed by atoms with E-state index in [1.807, 2.05) is 0 Å². The number of allylic oxidation sites excluding steroid dienone is 2. The van der Waals surface area contributed by atoms with E-state index in [1.54, 1.807) is 25.6 Å². The van der Waals surface area contributed by atoms with Crippen molar-refractivity contribution in [3.05, 3.63) is 33.8 Å². The van der Waals surface area contributed by atoms with E-state index in [4.69, 9.17) is 15.2 Å². The van der Waals surface area contributed by atoms with E-state index < -0.39 is 18.3 Å². The summed E-state index contributed by atoms with van der Waals surface area (Å²) in [5.41, 5.74) is 7.24. The fourth-order valence-corrected chi connectivity index (χ4v) is 5.20. The Labute approximate surface area is 186 Å². The van der Waals surface area contributed by atoms with E-state index in [2.05, 4.69) is 10.6 Å². The molecule has 1 aromatic rings. The van der Waals surface area contributed by atoms with Gasteiger partial charge in [-0.05, 0) is 26.8 Å². The van der Waals surface area contributed by atoms with Crippen molar-refractivity contribution in [2.75, 3.05) is 14.2 Å². The number of hydrogen-bond acceptors (Lipinski definition) is 8. The number of primary amides is 1. The van der Waals surface area contributed by atoms with Gasteiger partial charge >= 0.3 is 6.09 Å². The van der Waals surface area contributed by atoms with E-state index >= 15 is 0 Å². The van der Waals surface area contributed by atoms with Crippen molar-refractivity contribution in [3.63, 3.8) is 0 Å². The van der Waals surface area contributed by atoms with E-state index in [-0.39, 0.29) is 47.2 Å². The largest absolute Gasteiger partial charge is 0.445 e. The van der Waals surface area contributed by atoms with E-state index in [9.17, 15) is 19.5 Å². The number of carbonyl (C=O) groups excluding carboxylic acids is 3. The van der Waals surface area contributed by atoms with Gasteiger partial charge in [0, 0.05) is 24.8 Å². The molecule has 1 fully saturated rings. The van der Waals surface area contributed by atoms with Crippen molar-refractivity contribution in [1.29, 1.82) is 0 Å². The third-order valence-electron chi connectivity index (χ3n) is 6.85. The summed E-state index contributed by atoms with van der Waals surface area (Å²) >= 11 is 0. The standard InChI is InChI=1S/C22H30N4O6/c1-10-16(25-12-6-4-5-7-14(12)27)20(29)15-11(9-32-22(23)30)17-21(31-3)13(24-2)8-26(17)18(15)19(10)28/h12-14,21,24-25,27H,4-9H2,1-3H3,(H2,23,30)/t12-,13-,14-,21-/m0/s1. The first-order valence-corrected chi connectivity index (χ1v) is 10.9. The van der Waals surface area contributed by atoms with Crippen molar-refractivity contribution in [3.8, 4) is 0 Å². The van der Waals surface area contributed by atoms with Gasteiger partial charge in [0.05, 0.1) is 35.1 Å². The molecule has 1 aromatic heterocycles. The second-order valence-electron chi connectivity index (χ2n) is 8.62. The maximum atomic E-state index is 13.7. The molecule has 1 amide bonds. The highest BCUT2D eigenvalue weighted by Gasteiger charge is 2.45. The molecule has 0 saturated heterocycles. The number of aromatic nitrogens is 1. The zero-order chi connectivity index (χ0) is 23.2. The lowest BCUT2D eigenvalue weighted by Crippen LogP contribution is -2.45. The number of rotatable bonds is 6. The predicted octanol–water partition coefficient (Wildman–Crippen LogP) is 0.919. The quantitative estimate of drug-likeness (QED) is 0.505. The Kier molecular flexibility index (Phi) is 6.11. The number of carbonyl (C=O) groups is 3. The van der Waals surface area contributed by atoms with Gasteiger partial charge in [0.2, 0.25) is 11.6 Å². The molecular weight excluding hydrogens is 416 g/mol. The van der Waals surface area contributed by atoms with Crippen molar-refractivity contribution < 1.29 is 29.0 Å². The minimum atomic E-state index is -0.971. The Morgan fingerprint density at radius 1 is 1.22 bits per heavy atom. The SMILES string of the molecule is CN[C@H]1Cn2c3c(c(COC(N)=O)c2[C@H]1OC)C(=O)C(N[C@H]1CCCC[C@@H]1O)=C(C)C3=O. The van der Waals surface area contributed by atoms with Crippen LogP contribution < -0.4 is 16.4 Å². The molecule has 2 heterocycles. The van der Waals surface area contributed by atoms with Crippen LogP contribution in [-0.4, -0.2) is 59.7 Å². The van der Waals surface area contributed by atoms with E-state index in [1.165, 1.54) is 0 Å². The summed E-state index contributed by atoms with van der Waals surface area (Å²) in [6, 6.07) is -0.413. The van der Waals surface area contributed by atoms with Crippen LogP contribution in [0.15, 0.2) is 11.3 Å². The number of ether oxygens (including phenoxy) is 2. The molecule has 3 aliphatic rings. The van der Waals surface area contributed by atoms with E-state index in [0.717, 1.165) is 12.8 Å². The van der Waals surface area contributed by atoms with Gasteiger partial charge in [-0.3, -0.25) is 9.59 Å². The molecule has 1 aliphatic heterocycles. The van der Waals surface area contributed by atoms with Gasteiger partial charge in [0.1, 0.15) is 18.4 Å². The van der Waals surface area contributed by atoms with Gasteiger partial charge in [-0.1, -0.05) is 12.8 Å². The summed E-state index contributed by atoms with van der Waals surface area (Å²) in [5.74, 6) is -0.624. The highest BCUT2D eigenvalue weighted by atomic mass is 16.5. The van der Waals surface area contributed by atoms with Crippen LogP contribution in [0.5, 0.6) is 0 Å². The topological polar surface area (TPSA) is 145 Å². The lowest BCUT2D eigenvalue weighted by atomic mass is 9.87. The van der Waals surface area contributed by atoms with Crippen LogP contribution in [0.1, 0.15) is 70.8 Å². The van der Waals surface area contributed by atoms with Crippen LogP contribution in [-0.2, 0) is 22.6 Å². The number of amides is 1. The molecule has 4 rings (SSSR count). The number of nitrogens with two attached hydrogens (primary N) is 1. The molecule has 4 atom stereocenters. The van der Waals surface area contributed by atoms with Crippen LogP contribution in [0, 0.1) is 0 Å². The number of likely N-dealkylation sites (N-methyl/N-ethyl adjacent to an activating group) is 1. The number of fused-ring (bicyclic) bond motifs is 3. The smallest absolute Gasteiger partial charge is 0.404 e. The van der Waals surface area contributed by atoms with Gasteiger partial charge in [-0.25, -0.2) is 4.79 Å². The van der Waals surface area contributed by atoms with Gasteiger partial charge in [-0.15, -0.1) is 0 Å². The van der Waals surface area contributed by atoms with Gasteiger partial charge in [0.15, 0.2) is 0 Å². The van der Waals surface area contributed by atoms with Crippen molar-refractivity contribution in [1.82, 2.24) is 15.2 Å². The Morgan fingerprint density at radius 2 is 1.94 bits per heavy atom. The normalized spacial score (nSPS) is 27.4. The zero-order valence-corrected chi connectivity index (χ0v) is 18.6. The second kappa shape index (κ2) is 8.68. The summed E-state index contributed by atoms with van der Waals surface area (Å²) in [7, 11) is 3.35. The number of aliphatic hydroxyl groups is 1. The van der Waals surface area contributed by atoms with Crippen LogP contribution >= 0.6 is 0 Å². The van der Waals surface area contributed by atoms with Gasteiger partial charge < -0.3 is 35.5 Å². The minimum Gasteiger partial charge on any atom is -0.445 e. The van der Waals surface area contributed by atoms with Crippen LogP contribution in [0.3, 0.4) is 0 Å². The number of nitrogens with zero attached hydrogens (tertiary/aromatic N) is 1. The van der Waals surface area contributed by atoms with Gasteiger partial charge in [0.25, 0.3) is 0 Å². The highest BCUT2D eigenvalue weighted by Crippen LogP contribution is 2.41. The molecule has 5 N–H and O–H groups in total. The molecule has 174 valence electrons. The predicted molar refractivity (Wildman–Crippen MR) is 114 cm³/mol. The molecule has 32 heavy (non-hydrogen) atoms. The first-order valence-electron chi connectivity index (χ1n) is 10.9. The molecule has 0 aromatic carbocycles. The minimum absolute atomic E-state index is 0.114. The lowest BCUT2D eigenvalue weighted by Gasteiger charge is -2.31. The third-order valence-corrected chi connectivity index (χ3v) is 6.85. The molecule has 0 spiro atoms. The highest BCUT2D eigenvalue weighted by molar-refractivity contribution is 6.26. The fraction of sp³-hybridized carbons (Fsp3) is 0.591. The molecule has 10 heteroatoms. The zero-order valence-electron chi connectivity index (χ0n) is 18.6. The molecule has 1 saturated carbocycles. The van der Waals surface area contributed by atoms with Crippen molar-refractivity contribution in [2.45, 2.75) is 70.1 Å². The van der Waals surface area contributed by atoms with Crippen LogP contribution in [0.4, 0.5) is 4.79 Å². The third kappa shape index (κ3) is 3.52. The monoisotopic (exact) mass is 446 g/mol.